The monoisotopic (exact) mass is 278 g/mol. The van der Waals surface area contributed by atoms with Crippen molar-refractivity contribution in [3.05, 3.63) is 0 Å². The van der Waals surface area contributed by atoms with E-state index in [1.54, 1.807) is 0 Å². The van der Waals surface area contributed by atoms with Gasteiger partial charge in [-0.25, -0.2) is 0 Å². The Hall–Kier alpha value is -0.570. The number of carbonyl (C=O) groups excluding carboxylic acids is 1. The Balaban J connectivity index is 1.67. The molecule has 3 rings (SSSR count). The van der Waals surface area contributed by atoms with Crippen LogP contribution in [-0.2, 0) is 4.79 Å². The first-order valence-corrected chi connectivity index (χ1v) is 8.50. The van der Waals surface area contributed by atoms with Crippen LogP contribution in [0.3, 0.4) is 0 Å². The number of carbonyl (C=O) groups is 1. The van der Waals surface area contributed by atoms with Crippen molar-refractivity contribution < 1.29 is 4.79 Å². The van der Waals surface area contributed by atoms with Crippen LogP contribution < -0.4 is 5.32 Å². The van der Waals surface area contributed by atoms with Crippen molar-refractivity contribution in [3.8, 4) is 0 Å². The third-order valence-corrected chi connectivity index (χ3v) is 6.15. The lowest BCUT2D eigenvalue weighted by Crippen LogP contribution is -2.52. The van der Waals surface area contributed by atoms with Gasteiger partial charge >= 0.3 is 0 Å². The van der Waals surface area contributed by atoms with Crippen molar-refractivity contribution in [3.63, 3.8) is 0 Å². The minimum absolute atomic E-state index is 0.190. The Morgan fingerprint density at radius 1 is 1.10 bits per heavy atom. The molecule has 0 aromatic rings. The highest BCUT2D eigenvalue weighted by Crippen LogP contribution is 2.42. The maximum absolute atomic E-state index is 13.0. The minimum atomic E-state index is 0.190. The Morgan fingerprint density at radius 2 is 1.75 bits per heavy atom. The second-order valence-corrected chi connectivity index (χ2v) is 8.00. The van der Waals surface area contributed by atoms with E-state index < -0.39 is 0 Å². The molecule has 0 aromatic heterocycles. The lowest BCUT2D eigenvalue weighted by Gasteiger charge is -2.43. The van der Waals surface area contributed by atoms with Crippen LogP contribution in [0, 0.1) is 11.3 Å². The Labute approximate surface area is 123 Å². The predicted molar refractivity (Wildman–Crippen MR) is 81.5 cm³/mol. The van der Waals surface area contributed by atoms with Crippen LogP contribution >= 0.6 is 0 Å². The SMILES string of the molecule is CN(C(=O)C1CCCCC1(C)C)C1CC2CCC(C1)N2. The van der Waals surface area contributed by atoms with Gasteiger partial charge in [-0.05, 0) is 43.9 Å². The van der Waals surface area contributed by atoms with Crippen LogP contribution in [0.4, 0.5) is 0 Å². The maximum atomic E-state index is 13.0. The maximum Gasteiger partial charge on any atom is 0.226 e. The van der Waals surface area contributed by atoms with Crippen LogP contribution in [0.25, 0.3) is 0 Å². The normalized spacial score (nSPS) is 39.5. The summed E-state index contributed by atoms with van der Waals surface area (Å²) < 4.78 is 0. The highest BCUT2D eigenvalue weighted by atomic mass is 16.2. The average Bonchev–Trinajstić information content (AvgIpc) is 2.75. The molecule has 3 aliphatic rings. The van der Waals surface area contributed by atoms with Gasteiger partial charge in [-0.15, -0.1) is 0 Å². The number of hydrogen-bond acceptors (Lipinski definition) is 2. The zero-order chi connectivity index (χ0) is 14.3. The molecule has 3 heteroatoms. The van der Waals surface area contributed by atoms with Gasteiger partial charge in [0.05, 0.1) is 0 Å². The lowest BCUT2D eigenvalue weighted by atomic mass is 9.68. The fourth-order valence-corrected chi connectivity index (χ4v) is 4.72. The molecule has 0 radical (unpaired) electrons. The fourth-order valence-electron chi connectivity index (χ4n) is 4.72. The number of rotatable bonds is 2. The standard InChI is InChI=1S/C17H30N2O/c1-17(2)9-5-4-6-15(17)16(20)19(3)14-10-12-7-8-13(11-14)18-12/h12-15,18H,4-11H2,1-3H3. The Kier molecular flexibility index (Phi) is 3.83. The van der Waals surface area contributed by atoms with Gasteiger partial charge in [0.2, 0.25) is 5.91 Å². The van der Waals surface area contributed by atoms with Crippen molar-refractivity contribution in [1.29, 1.82) is 0 Å². The van der Waals surface area contributed by atoms with Crippen LogP contribution in [0.5, 0.6) is 0 Å². The number of nitrogens with one attached hydrogen (secondary N) is 1. The van der Waals surface area contributed by atoms with Gasteiger partial charge in [0, 0.05) is 31.1 Å². The van der Waals surface area contributed by atoms with E-state index in [1.165, 1.54) is 32.1 Å². The molecule has 2 saturated heterocycles. The summed E-state index contributed by atoms with van der Waals surface area (Å²) >= 11 is 0. The van der Waals surface area contributed by atoms with Crippen LogP contribution in [0.2, 0.25) is 0 Å². The first kappa shape index (κ1) is 14.4. The molecule has 3 unspecified atom stereocenters. The van der Waals surface area contributed by atoms with E-state index in [1.807, 2.05) is 0 Å². The molecule has 3 nitrogen and oxygen atoms in total. The summed E-state index contributed by atoms with van der Waals surface area (Å²) in [5.74, 6) is 0.662. The smallest absolute Gasteiger partial charge is 0.226 e. The van der Waals surface area contributed by atoms with Gasteiger partial charge in [-0.2, -0.15) is 0 Å². The molecule has 2 heterocycles. The summed E-state index contributed by atoms with van der Waals surface area (Å²) in [5, 5.41) is 3.67. The third kappa shape index (κ3) is 2.61. The quantitative estimate of drug-likeness (QED) is 0.842. The summed E-state index contributed by atoms with van der Waals surface area (Å²) in [6.07, 6.45) is 9.74. The summed E-state index contributed by atoms with van der Waals surface area (Å²) in [5.41, 5.74) is 0.190. The van der Waals surface area contributed by atoms with E-state index >= 15 is 0 Å². The highest BCUT2D eigenvalue weighted by molar-refractivity contribution is 5.79. The van der Waals surface area contributed by atoms with E-state index in [2.05, 4.69) is 31.1 Å². The molecule has 1 aliphatic carbocycles. The summed E-state index contributed by atoms with van der Waals surface area (Å²) in [6, 6.07) is 1.79. The van der Waals surface area contributed by atoms with Gasteiger partial charge in [0.15, 0.2) is 0 Å². The van der Waals surface area contributed by atoms with Gasteiger partial charge < -0.3 is 10.2 Å². The zero-order valence-electron chi connectivity index (χ0n) is 13.3. The first-order chi connectivity index (χ1) is 9.47. The molecule has 1 amide bonds. The molecular weight excluding hydrogens is 248 g/mol. The molecule has 2 bridgehead atoms. The number of nitrogens with zero attached hydrogens (tertiary/aromatic N) is 1. The third-order valence-electron chi connectivity index (χ3n) is 6.15. The van der Waals surface area contributed by atoms with Gasteiger partial charge in [0.25, 0.3) is 0 Å². The van der Waals surface area contributed by atoms with E-state index in [9.17, 15) is 4.79 Å². The molecule has 20 heavy (non-hydrogen) atoms. The van der Waals surface area contributed by atoms with Crippen LogP contribution in [0.1, 0.15) is 65.2 Å². The predicted octanol–water partition coefficient (Wildman–Crippen LogP) is 2.94. The van der Waals surface area contributed by atoms with Crippen molar-refractivity contribution >= 4 is 5.91 Å². The van der Waals surface area contributed by atoms with E-state index in [0.29, 0.717) is 24.0 Å². The molecule has 2 aliphatic heterocycles. The second-order valence-electron chi connectivity index (χ2n) is 8.00. The molecule has 3 atom stereocenters. The molecule has 114 valence electrons. The van der Waals surface area contributed by atoms with Gasteiger partial charge in [-0.3, -0.25) is 4.79 Å². The van der Waals surface area contributed by atoms with Crippen LogP contribution in [0.15, 0.2) is 0 Å². The Morgan fingerprint density at radius 3 is 2.35 bits per heavy atom. The molecule has 0 spiro atoms. The highest BCUT2D eigenvalue weighted by Gasteiger charge is 2.42. The van der Waals surface area contributed by atoms with Gasteiger partial charge in [0.1, 0.15) is 0 Å². The number of piperidine rings is 1. The average molecular weight is 278 g/mol. The van der Waals surface area contributed by atoms with Crippen molar-refractivity contribution in [1.82, 2.24) is 10.2 Å². The molecule has 3 fully saturated rings. The zero-order valence-corrected chi connectivity index (χ0v) is 13.3. The molecule has 0 aromatic carbocycles. The van der Waals surface area contributed by atoms with Crippen molar-refractivity contribution in [2.45, 2.75) is 83.3 Å². The summed E-state index contributed by atoms with van der Waals surface area (Å²) in [4.78, 5) is 15.1. The molecule has 1 N–H and O–H groups in total. The largest absolute Gasteiger partial charge is 0.342 e. The summed E-state index contributed by atoms with van der Waals surface area (Å²) in [6.45, 7) is 4.57. The van der Waals surface area contributed by atoms with E-state index in [0.717, 1.165) is 19.3 Å². The first-order valence-electron chi connectivity index (χ1n) is 8.50. The summed E-state index contributed by atoms with van der Waals surface area (Å²) in [7, 11) is 2.06. The minimum Gasteiger partial charge on any atom is -0.342 e. The topological polar surface area (TPSA) is 32.3 Å². The fraction of sp³-hybridized carbons (Fsp3) is 0.941. The van der Waals surface area contributed by atoms with E-state index in [4.69, 9.17) is 0 Å². The second kappa shape index (κ2) is 5.32. The Bertz CT molecular complexity index is 367. The molecular formula is C17H30N2O. The lowest BCUT2D eigenvalue weighted by molar-refractivity contribution is -0.142. The van der Waals surface area contributed by atoms with Crippen LogP contribution in [-0.4, -0.2) is 36.0 Å². The molecule has 1 saturated carbocycles. The number of hydrogen-bond donors (Lipinski definition) is 1. The van der Waals surface area contributed by atoms with Gasteiger partial charge in [-0.1, -0.05) is 26.7 Å². The number of amides is 1. The van der Waals surface area contributed by atoms with Crippen molar-refractivity contribution in [2.24, 2.45) is 11.3 Å². The number of fused-ring (bicyclic) bond motifs is 2. The van der Waals surface area contributed by atoms with E-state index in [-0.39, 0.29) is 11.3 Å². The van der Waals surface area contributed by atoms with Crippen molar-refractivity contribution in [2.75, 3.05) is 7.05 Å².